The van der Waals surface area contributed by atoms with E-state index in [0.29, 0.717) is 5.56 Å². The second-order valence-corrected chi connectivity index (χ2v) is 6.87. The zero-order valence-corrected chi connectivity index (χ0v) is 14.5. The highest BCUT2D eigenvalue weighted by atomic mass is 16.5. The van der Waals surface area contributed by atoms with Crippen molar-refractivity contribution < 1.29 is 14.3 Å². The van der Waals surface area contributed by atoms with Crippen molar-refractivity contribution in [3.05, 3.63) is 45.7 Å². The van der Waals surface area contributed by atoms with E-state index in [2.05, 4.69) is 21.2 Å². The number of methoxy groups -OCH3 is 1. The van der Waals surface area contributed by atoms with Gasteiger partial charge in [0.2, 0.25) is 5.91 Å². The Morgan fingerprint density at radius 1 is 1.19 bits per heavy atom. The Morgan fingerprint density at radius 2 is 2.00 bits per heavy atom. The lowest BCUT2D eigenvalue weighted by molar-refractivity contribution is -0.145. The van der Waals surface area contributed by atoms with Gasteiger partial charge < -0.3 is 15.0 Å². The Labute approximate surface area is 149 Å². The van der Waals surface area contributed by atoms with Crippen LogP contribution in [0.2, 0.25) is 0 Å². The first-order valence-corrected chi connectivity index (χ1v) is 8.50. The fraction of sp³-hybridized carbons (Fsp3) is 0.389. The zero-order chi connectivity index (χ0) is 18.4. The molecule has 1 amide bonds. The van der Waals surface area contributed by atoms with E-state index in [1.807, 2.05) is 31.2 Å². The van der Waals surface area contributed by atoms with Crippen LogP contribution in [0.4, 0.5) is 0 Å². The average Bonchev–Trinajstić information content (AvgIpc) is 3.03. The number of esters is 1. The maximum atomic E-state index is 12.7. The molecule has 4 atom stereocenters. The number of nitrogens with one attached hydrogen (secondary N) is 4. The lowest BCUT2D eigenvalue weighted by Crippen LogP contribution is -2.53. The summed E-state index contributed by atoms with van der Waals surface area (Å²) < 4.78 is 4.87. The normalized spacial score (nSPS) is 27.8. The van der Waals surface area contributed by atoms with Crippen molar-refractivity contribution in [1.29, 1.82) is 0 Å². The molecule has 26 heavy (non-hydrogen) atoms. The minimum Gasteiger partial charge on any atom is -0.468 e. The van der Waals surface area contributed by atoms with E-state index in [-0.39, 0.29) is 23.8 Å². The van der Waals surface area contributed by atoms with Gasteiger partial charge in [-0.25, -0.2) is 10.9 Å². The molecule has 0 saturated carbocycles. The number of carbonyl (C=O) groups excluding carboxylic acids is 2. The number of H-pyrrole nitrogens is 1. The van der Waals surface area contributed by atoms with Crippen LogP contribution in [0.25, 0.3) is 10.9 Å². The van der Waals surface area contributed by atoms with Gasteiger partial charge in [0, 0.05) is 29.3 Å². The molecule has 2 aliphatic heterocycles. The van der Waals surface area contributed by atoms with Crippen molar-refractivity contribution >= 4 is 22.8 Å². The topological polar surface area (TPSA) is 112 Å². The Kier molecular flexibility index (Phi) is 4.01. The third kappa shape index (κ3) is 2.67. The first-order valence-electron chi connectivity index (χ1n) is 8.50. The second-order valence-electron chi connectivity index (χ2n) is 6.87. The Bertz CT molecular complexity index is 954. The van der Waals surface area contributed by atoms with Gasteiger partial charge in [0.05, 0.1) is 13.3 Å². The molecule has 2 fully saturated rings. The summed E-state index contributed by atoms with van der Waals surface area (Å²) in [5.41, 5.74) is 7.87. The molecule has 0 spiro atoms. The molecule has 8 heteroatoms. The summed E-state index contributed by atoms with van der Waals surface area (Å²) in [4.78, 5) is 39.9. The number of rotatable bonds is 2. The molecule has 4 N–H and O–H groups in total. The minimum absolute atomic E-state index is 0.137. The van der Waals surface area contributed by atoms with Crippen molar-refractivity contribution in [2.45, 2.75) is 31.5 Å². The highest BCUT2D eigenvalue weighted by molar-refractivity contribution is 5.83. The summed E-state index contributed by atoms with van der Waals surface area (Å²) in [5, 5.41) is 3.71. The van der Waals surface area contributed by atoms with E-state index >= 15 is 0 Å². The molecule has 4 unspecified atom stereocenters. The maximum Gasteiger partial charge on any atom is 0.324 e. The summed E-state index contributed by atoms with van der Waals surface area (Å²) in [7, 11) is 1.32. The fourth-order valence-corrected chi connectivity index (χ4v) is 4.00. The molecule has 2 aromatic rings. The molecule has 1 aromatic carbocycles. The Hall–Kier alpha value is -2.71. The molecule has 136 valence electrons. The van der Waals surface area contributed by atoms with E-state index in [1.165, 1.54) is 7.11 Å². The SMILES string of the molecule is COC(=O)C1NNC2NC(=O)CC(c3cc4ccc(C)cc4[nH]c3=O)C21. The number of ether oxygens (including phenoxy) is 1. The summed E-state index contributed by atoms with van der Waals surface area (Å²) in [6.45, 7) is 1.96. The van der Waals surface area contributed by atoms with E-state index < -0.39 is 24.1 Å². The second kappa shape index (κ2) is 6.22. The monoisotopic (exact) mass is 356 g/mol. The number of aromatic amines is 1. The lowest BCUT2D eigenvalue weighted by atomic mass is 9.76. The van der Waals surface area contributed by atoms with Gasteiger partial charge in [-0.15, -0.1) is 0 Å². The third-order valence-electron chi connectivity index (χ3n) is 5.24. The number of hydrogen-bond donors (Lipinski definition) is 4. The van der Waals surface area contributed by atoms with Crippen LogP contribution in [0.3, 0.4) is 0 Å². The minimum atomic E-state index is -0.649. The molecule has 3 heterocycles. The van der Waals surface area contributed by atoms with Crippen molar-refractivity contribution in [2.24, 2.45) is 5.92 Å². The first kappa shape index (κ1) is 16.7. The predicted octanol–water partition coefficient (Wildman–Crippen LogP) is 0.0317. The number of fused-ring (bicyclic) bond motifs is 2. The van der Waals surface area contributed by atoms with Gasteiger partial charge in [0.25, 0.3) is 5.56 Å². The van der Waals surface area contributed by atoms with E-state index in [4.69, 9.17) is 4.74 Å². The molecular formula is C18H20N4O4. The highest BCUT2D eigenvalue weighted by Gasteiger charge is 2.50. The van der Waals surface area contributed by atoms with Crippen molar-refractivity contribution in [3.63, 3.8) is 0 Å². The number of aryl methyl sites for hydroxylation is 1. The van der Waals surface area contributed by atoms with Gasteiger partial charge in [-0.2, -0.15) is 0 Å². The zero-order valence-electron chi connectivity index (χ0n) is 14.5. The summed E-state index contributed by atoms with van der Waals surface area (Å²) in [6.07, 6.45) is -0.308. The van der Waals surface area contributed by atoms with Crippen molar-refractivity contribution in [2.75, 3.05) is 7.11 Å². The summed E-state index contributed by atoms with van der Waals surface area (Å²) in [6, 6.07) is 6.99. The lowest BCUT2D eigenvalue weighted by Gasteiger charge is -2.34. The third-order valence-corrected chi connectivity index (χ3v) is 5.24. The molecule has 0 aliphatic carbocycles. The maximum absolute atomic E-state index is 12.7. The van der Waals surface area contributed by atoms with Crippen molar-refractivity contribution in [1.82, 2.24) is 21.2 Å². The fourth-order valence-electron chi connectivity index (χ4n) is 4.00. The number of carbonyl (C=O) groups is 2. The Balaban J connectivity index is 1.81. The van der Waals surface area contributed by atoms with E-state index in [1.54, 1.807) is 0 Å². The molecule has 1 aromatic heterocycles. The first-order chi connectivity index (χ1) is 12.5. The van der Waals surface area contributed by atoms with Crippen LogP contribution in [0.5, 0.6) is 0 Å². The van der Waals surface area contributed by atoms with Crippen LogP contribution in [-0.2, 0) is 14.3 Å². The largest absolute Gasteiger partial charge is 0.468 e. The Morgan fingerprint density at radius 3 is 2.77 bits per heavy atom. The van der Waals surface area contributed by atoms with Crippen LogP contribution in [0, 0.1) is 12.8 Å². The number of hydrogen-bond acceptors (Lipinski definition) is 6. The highest BCUT2D eigenvalue weighted by Crippen LogP contribution is 2.36. The number of aromatic nitrogens is 1. The molecule has 2 aliphatic rings. The van der Waals surface area contributed by atoms with Crippen LogP contribution in [-0.4, -0.2) is 36.2 Å². The van der Waals surface area contributed by atoms with Gasteiger partial charge in [-0.1, -0.05) is 12.1 Å². The molecule has 4 rings (SSSR count). The molecule has 0 radical (unpaired) electrons. The number of benzene rings is 1. The van der Waals surface area contributed by atoms with Gasteiger partial charge in [0.1, 0.15) is 6.04 Å². The standard InChI is InChI=1S/C18H20N4O4/c1-8-3-4-9-6-11(17(24)19-12(9)5-8)10-7-13(23)20-16-14(10)15(21-22-16)18(25)26-2/h3-6,10,14-16,21-22H,7H2,1-2H3,(H,19,24)(H,20,23). The van der Waals surface area contributed by atoms with Gasteiger partial charge in [0.15, 0.2) is 0 Å². The number of pyridine rings is 1. The van der Waals surface area contributed by atoms with Crippen LogP contribution in [0.15, 0.2) is 29.1 Å². The number of amides is 1. The molecule has 2 saturated heterocycles. The van der Waals surface area contributed by atoms with Gasteiger partial charge in [-0.05, 0) is 30.0 Å². The van der Waals surface area contributed by atoms with Crippen LogP contribution >= 0.6 is 0 Å². The molecular weight excluding hydrogens is 336 g/mol. The van der Waals surface area contributed by atoms with E-state index in [0.717, 1.165) is 16.5 Å². The van der Waals surface area contributed by atoms with Crippen LogP contribution in [0.1, 0.15) is 23.5 Å². The predicted molar refractivity (Wildman–Crippen MR) is 94.2 cm³/mol. The summed E-state index contributed by atoms with van der Waals surface area (Å²) >= 11 is 0. The smallest absolute Gasteiger partial charge is 0.324 e. The summed E-state index contributed by atoms with van der Waals surface area (Å²) in [5.74, 6) is -1.34. The van der Waals surface area contributed by atoms with Gasteiger partial charge in [-0.3, -0.25) is 14.4 Å². The number of piperidine rings is 1. The number of hydrazine groups is 1. The average molecular weight is 356 g/mol. The molecule has 0 bridgehead atoms. The molecule has 8 nitrogen and oxygen atoms in total. The van der Waals surface area contributed by atoms with Gasteiger partial charge >= 0.3 is 5.97 Å². The van der Waals surface area contributed by atoms with Crippen LogP contribution < -0.4 is 21.7 Å². The van der Waals surface area contributed by atoms with Crippen molar-refractivity contribution in [3.8, 4) is 0 Å². The quantitative estimate of drug-likeness (QED) is 0.565. The van der Waals surface area contributed by atoms with E-state index in [9.17, 15) is 14.4 Å².